The Morgan fingerprint density at radius 2 is 1.77 bits per heavy atom. The molecule has 6 nitrogen and oxygen atoms in total. The molecule has 2 N–H and O–H groups in total. The minimum atomic E-state index is -0.405. The van der Waals surface area contributed by atoms with Gasteiger partial charge in [-0.05, 0) is 38.1 Å². The van der Waals surface area contributed by atoms with Crippen molar-refractivity contribution < 1.29 is 14.4 Å². The summed E-state index contributed by atoms with van der Waals surface area (Å²) in [6, 6.07) is 8.90. The number of carbonyl (C=O) groups excluding carboxylic acids is 3. The van der Waals surface area contributed by atoms with Crippen LogP contribution in [0.3, 0.4) is 0 Å². The molecular formula is C19H23N3O3S. The molecule has 1 aromatic carbocycles. The number of Topliss-reactive ketones (excluding diaryl/α,β-unsaturated/α-hetero) is 1. The second kappa shape index (κ2) is 8.62. The molecule has 0 saturated heterocycles. The third kappa shape index (κ3) is 5.16. The summed E-state index contributed by atoms with van der Waals surface area (Å²) in [6.07, 6.45) is 0.125. The lowest BCUT2D eigenvalue weighted by Gasteiger charge is -2.13. The Morgan fingerprint density at radius 3 is 2.38 bits per heavy atom. The lowest BCUT2D eigenvalue weighted by atomic mass is 10.1. The van der Waals surface area contributed by atoms with Crippen LogP contribution in [-0.2, 0) is 4.79 Å². The zero-order chi connectivity index (χ0) is 19.3. The number of hydrogen-bond acceptors (Lipinski definition) is 5. The van der Waals surface area contributed by atoms with E-state index in [1.54, 1.807) is 29.5 Å². The Morgan fingerprint density at radius 1 is 1.04 bits per heavy atom. The zero-order valence-electron chi connectivity index (χ0n) is 15.4. The summed E-state index contributed by atoms with van der Waals surface area (Å²) in [6.45, 7) is 3.84. The van der Waals surface area contributed by atoms with E-state index in [9.17, 15) is 14.4 Å². The van der Waals surface area contributed by atoms with Gasteiger partial charge in [0.05, 0.1) is 0 Å². The summed E-state index contributed by atoms with van der Waals surface area (Å²) in [4.78, 5) is 40.1. The number of hydrogen-bond donors (Lipinski definition) is 2. The highest BCUT2D eigenvalue weighted by atomic mass is 32.1. The molecule has 2 rings (SSSR count). The zero-order valence-corrected chi connectivity index (χ0v) is 16.2. The Hall–Kier alpha value is -2.67. The van der Waals surface area contributed by atoms with E-state index in [0.717, 1.165) is 15.4 Å². The molecule has 0 aliphatic heterocycles. The van der Waals surface area contributed by atoms with E-state index in [-0.39, 0.29) is 18.6 Å². The summed E-state index contributed by atoms with van der Waals surface area (Å²) in [5.41, 5.74) is 6.73. The van der Waals surface area contributed by atoms with Crippen molar-refractivity contribution in [1.82, 2.24) is 10.9 Å². The molecular weight excluding hydrogens is 350 g/mol. The highest BCUT2D eigenvalue weighted by Crippen LogP contribution is 2.22. The average molecular weight is 373 g/mol. The van der Waals surface area contributed by atoms with Crippen LogP contribution in [0.25, 0.3) is 0 Å². The standard InChI is InChI=1S/C19H23N3O3S/c1-12-10-16(13(2)26-12)17(23)8-9-18(24)20-21-19(25)14-6-5-7-15(11-14)22(3)4/h5-7,10-11H,8-9H2,1-4H3,(H,20,24)(H,21,25). The number of hydrazine groups is 1. The number of rotatable bonds is 6. The number of anilines is 1. The van der Waals surface area contributed by atoms with Crippen LogP contribution in [0.4, 0.5) is 5.69 Å². The van der Waals surface area contributed by atoms with Gasteiger partial charge in [0.1, 0.15) is 0 Å². The van der Waals surface area contributed by atoms with Crippen LogP contribution in [0.15, 0.2) is 30.3 Å². The number of carbonyl (C=O) groups is 3. The van der Waals surface area contributed by atoms with E-state index in [1.807, 2.05) is 45.0 Å². The van der Waals surface area contributed by atoms with E-state index in [2.05, 4.69) is 10.9 Å². The maximum atomic E-state index is 12.2. The van der Waals surface area contributed by atoms with Gasteiger partial charge in [0, 0.05) is 53.5 Å². The molecule has 26 heavy (non-hydrogen) atoms. The largest absolute Gasteiger partial charge is 0.378 e. The average Bonchev–Trinajstić information content (AvgIpc) is 2.95. The molecule has 2 amide bonds. The van der Waals surface area contributed by atoms with E-state index >= 15 is 0 Å². The Labute approximate surface area is 157 Å². The van der Waals surface area contributed by atoms with Gasteiger partial charge < -0.3 is 4.90 Å². The molecule has 0 unspecified atom stereocenters. The van der Waals surface area contributed by atoms with Crippen molar-refractivity contribution in [3.63, 3.8) is 0 Å². The van der Waals surface area contributed by atoms with Gasteiger partial charge in [-0.2, -0.15) is 0 Å². The Balaban J connectivity index is 1.83. The van der Waals surface area contributed by atoms with Gasteiger partial charge in [-0.15, -0.1) is 11.3 Å². The van der Waals surface area contributed by atoms with Gasteiger partial charge in [-0.25, -0.2) is 0 Å². The minimum absolute atomic E-state index is 0.0190. The van der Waals surface area contributed by atoms with Gasteiger partial charge in [0.25, 0.3) is 5.91 Å². The maximum Gasteiger partial charge on any atom is 0.269 e. The molecule has 0 aliphatic carbocycles. The summed E-state index contributed by atoms with van der Waals surface area (Å²) in [7, 11) is 3.76. The second-order valence-electron chi connectivity index (χ2n) is 6.20. The Bertz CT molecular complexity index is 827. The number of nitrogens with one attached hydrogen (secondary N) is 2. The first-order valence-electron chi connectivity index (χ1n) is 8.24. The minimum Gasteiger partial charge on any atom is -0.378 e. The SMILES string of the molecule is Cc1cc(C(=O)CCC(=O)NNC(=O)c2cccc(N(C)C)c2)c(C)s1. The highest BCUT2D eigenvalue weighted by molar-refractivity contribution is 7.12. The van der Waals surface area contributed by atoms with Gasteiger partial charge in [0.2, 0.25) is 5.91 Å². The topological polar surface area (TPSA) is 78.5 Å². The first kappa shape index (κ1) is 19.7. The fraction of sp³-hybridized carbons (Fsp3) is 0.316. The molecule has 1 heterocycles. The van der Waals surface area contributed by atoms with Gasteiger partial charge in [0.15, 0.2) is 5.78 Å². The van der Waals surface area contributed by atoms with Crippen LogP contribution in [0, 0.1) is 13.8 Å². The Kier molecular flexibility index (Phi) is 6.52. The molecule has 0 fully saturated rings. The predicted octanol–water partition coefficient (Wildman–Crippen LogP) is 2.86. The molecule has 0 spiro atoms. The number of thiophene rings is 1. The van der Waals surface area contributed by atoms with Crippen LogP contribution in [0.1, 0.15) is 43.3 Å². The third-order valence-electron chi connectivity index (χ3n) is 3.86. The smallest absolute Gasteiger partial charge is 0.269 e. The van der Waals surface area contributed by atoms with Crippen molar-refractivity contribution >= 4 is 34.6 Å². The molecule has 0 aliphatic rings. The van der Waals surface area contributed by atoms with E-state index in [1.165, 1.54) is 0 Å². The van der Waals surface area contributed by atoms with Crippen LogP contribution >= 0.6 is 11.3 Å². The second-order valence-corrected chi connectivity index (χ2v) is 7.66. The molecule has 0 atom stereocenters. The fourth-order valence-electron chi connectivity index (χ4n) is 2.46. The molecule has 0 saturated carbocycles. The van der Waals surface area contributed by atoms with E-state index in [0.29, 0.717) is 11.1 Å². The molecule has 7 heteroatoms. The quantitative estimate of drug-likeness (QED) is 0.603. The summed E-state index contributed by atoms with van der Waals surface area (Å²) in [5.74, 6) is -0.871. The lowest BCUT2D eigenvalue weighted by molar-refractivity contribution is -0.121. The van der Waals surface area contributed by atoms with Gasteiger partial charge >= 0.3 is 0 Å². The number of ketones is 1. The predicted molar refractivity (Wildman–Crippen MR) is 104 cm³/mol. The van der Waals surface area contributed by atoms with Crippen molar-refractivity contribution in [2.24, 2.45) is 0 Å². The molecule has 1 aromatic heterocycles. The third-order valence-corrected chi connectivity index (χ3v) is 4.83. The van der Waals surface area contributed by atoms with E-state index < -0.39 is 11.8 Å². The van der Waals surface area contributed by atoms with Crippen LogP contribution in [-0.4, -0.2) is 31.7 Å². The first-order chi connectivity index (χ1) is 12.3. The lowest BCUT2D eigenvalue weighted by Crippen LogP contribution is -2.41. The summed E-state index contributed by atoms with van der Waals surface area (Å²) in [5, 5.41) is 0. The van der Waals surface area contributed by atoms with Crippen LogP contribution in [0.2, 0.25) is 0 Å². The monoisotopic (exact) mass is 373 g/mol. The van der Waals surface area contributed by atoms with Crippen molar-refractivity contribution in [3.05, 3.63) is 51.2 Å². The number of nitrogens with zero attached hydrogens (tertiary/aromatic N) is 1. The van der Waals surface area contributed by atoms with Crippen molar-refractivity contribution in [2.75, 3.05) is 19.0 Å². The molecule has 2 aromatic rings. The first-order valence-corrected chi connectivity index (χ1v) is 9.06. The van der Waals surface area contributed by atoms with E-state index in [4.69, 9.17) is 0 Å². The van der Waals surface area contributed by atoms with Crippen LogP contribution < -0.4 is 15.8 Å². The van der Waals surface area contributed by atoms with Crippen molar-refractivity contribution in [1.29, 1.82) is 0 Å². The van der Waals surface area contributed by atoms with Gasteiger partial charge in [-0.3, -0.25) is 25.2 Å². The van der Waals surface area contributed by atoms with Crippen LogP contribution in [0.5, 0.6) is 0 Å². The molecule has 0 bridgehead atoms. The fourth-order valence-corrected chi connectivity index (χ4v) is 3.40. The highest BCUT2D eigenvalue weighted by Gasteiger charge is 2.14. The number of benzene rings is 1. The number of aryl methyl sites for hydroxylation is 2. The summed E-state index contributed by atoms with van der Waals surface area (Å²) < 4.78 is 0. The van der Waals surface area contributed by atoms with Crippen molar-refractivity contribution in [3.8, 4) is 0 Å². The number of amides is 2. The molecule has 0 radical (unpaired) electrons. The van der Waals surface area contributed by atoms with Gasteiger partial charge in [-0.1, -0.05) is 6.07 Å². The summed E-state index contributed by atoms with van der Waals surface area (Å²) >= 11 is 1.56. The molecule has 138 valence electrons. The maximum absolute atomic E-state index is 12.2. The van der Waals surface area contributed by atoms with Crippen molar-refractivity contribution in [2.45, 2.75) is 26.7 Å². The normalized spacial score (nSPS) is 10.3.